The number of pyridine rings is 2. The Morgan fingerprint density at radius 2 is 1.86 bits per heavy atom. The molecule has 0 spiro atoms. The molecule has 4 aromatic rings. The van der Waals surface area contributed by atoms with Gasteiger partial charge in [-0.3, -0.25) is 4.79 Å². The summed E-state index contributed by atoms with van der Waals surface area (Å²) in [7, 11) is 0. The number of aromatic amines is 1. The highest BCUT2D eigenvalue weighted by atomic mass is 19.1. The first-order valence-electron chi connectivity index (χ1n) is 8.88. The maximum atomic E-state index is 14.8. The Morgan fingerprint density at radius 3 is 2.62 bits per heavy atom. The van der Waals surface area contributed by atoms with Gasteiger partial charge in [-0.25, -0.2) is 18.7 Å². The molecule has 0 radical (unpaired) electrons. The number of carbonyl (C=O) groups is 1. The molecular formula is C21H17F2N5O. The number of nitrogens with zero attached hydrogens (tertiary/aromatic N) is 3. The van der Waals surface area contributed by atoms with E-state index in [2.05, 4.69) is 15.0 Å². The van der Waals surface area contributed by atoms with Gasteiger partial charge in [0.15, 0.2) is 0 Å². The van der Waals surface area contributed by atoms with E-state index in [1.807, 2.05) is 12.1 Å². The van der Waals surface area contributed by atoms with Crippen LogP contribution in [0.4, 0.5) is 14.6 Å². The van der Waals surface area contributed by atoms with Crippen molar-refractivity contribution in [3.05, 3.63) is 89.4 Å². The van der Waals surface area contributed by atoms with Crippen LogP contribution in [0.1, 0.15) is 21.5 Å². The van der Waals surface area contributed by atoms with Crippen LogP contribution in [0.3, 0.4) is 0 Å². The van der Waals surface area contributed by atoms with E-state index in [1.165, 1.54) is 0 Å². The van der Waals surface area contributed by atoms with E-state index in [1.54, 1.807) is 41.7 Å². The molecule has 0 bridgehead atoms. The van der Waals surface area contributed by atoms with Gasteiger partial charge in [-0.1, -0.05) is 6.07 Å². The zero-order valence-corrected chi connectivity index (χ0v) is 15.3. The van der Waals surface area contributed by atoms with E-state index >= 15 is 0 Å². The third-order valence-electron chi connectivity index (χ3n) is 4.67. The van der Waals surface area contributed by atoms with Crippen LogP contribution < -0.4 is 10.6 Å². The number of amides is 1. The average Bonchev–Trinajstić information content (AvgIpc) is 3.13. The predicted molar refractivity (Wildman–Crippen MR) is 105 cm³/mol. The van der Waals surface area contributed by atoms with Crippen LogP contribution in [0.5, 0.6) is 0 Å². The molecule has 3 N–H and O–H groups in total. The fraction of sp³-hybridized carbons (Fsp3) is 0.0952. The monoisotopic (exact) mass is 393 g/mol. The first-order chi connectivity index (χ1) is 14.0. The molecule has 3 heterocycles. The second-order valence-electron chi connectivity index (χ2n) is 6.51. The fourth-order valence-electron chi connectivity index (χ4n) is 3.23. The van der Waals surface area contributed by atoms with Crippen molar-refractivity contribution >= 4 is 22.8 Å². The maximum absolute atomic E-state index is 14.8. The van der Waals surface area contributed by atoms with Crippen LogP contribution in [0.25, 0.3) is 11.0 Å². The summed E-state index contributed by atoms with van der Waals surface area (Å²) in [5, 5.41) is 0.903. The zero-order valence-electron chi connectivity index (χ0n) is 15.3. The van der Waals surface area contributed by atoms with Crippen LogP contribution in [0.15, 0.2) is 61.1 Å². The molecule has 0 fully saturated rings. The number of primary amides is 1. The van der Waals surface area contributed by atoms with Crippen molar-refractivity contribution in [1.82, 2.24) is 15.0 Å². The second kappa shape index (κ2) is 7.67. The number of fused-ring (bicyclic) bond motifs is 1. The molecule has 29 heavy (non-hydrogen) atoms. The molecule has 146 valence electrons. The lowest BCUT2D eigenvalue weighted by molar-refractivity contribution is 0.0996. The molecule has 0 unspecified atom stereocenters. The highest BCUT2D eigenvalue weighted by molar-refractivity contribution is 5.93. The number of hydrogen-bond donors (Lipinski definition) is 2. The topological polar surface area (TPSA) is 87.9 Å². The Morgan fingerprint density at radius 1 is 1.03 bits per heavy atom. The lowest BCUT2D eigenvalue weighted by Gasteiger charge is -2.24. The van der Waals surface area contributed by atoms with Crippen molar-refractivity contribution in [2.45, 2.75) is 13.1 Å². The van der Waals surface area contributed by atoms with Gasteiger partial charge in [0, 0.05) is 36.1 Å². The Balaban J connectivity index is 1.75. The summed E-state index contributed by atoms with van der Waals surface area (Å²) in [6, 6.07) is 11.1. The number of nitrogens with two attached hydrogens (primary N) is 1. The Kier molecular flexibility index (Phi) is 4.90. The number of halogens is 2. The molecule has 0 aliphatic carbocycles. The molecule has 3 aromatic heterocycles. The first-order valence-corrected chi connectivity index (χ1v) is 8.88. The number of carbonyl (C=O) groups excluding carboxylic acids is 1. The van der Waals surface area contributed by atoms with Crippen LogP contribution in [0.2, 0.25) is 0 Å². The van der Waals surface area contributed by atoms with Gasteiger partial charge >= 0.3 is 0 Å². The molecule has 6 nitrogen and oxygen atoms in total. The Bertz CT molecular complexity index is 1180. The lowest BCUT2D eigenvalue weighted by atomic mass is 10.1. The van der Waals surface area contributed by atoms with Gasteiger partial charge in [0.25, 0.3) is 5.91 Å². The number of hydrogen-bond acceptors (Lipinski definition) is 4. The van der Waals surface area contributed by atoms with Gasteiger partial charge in [-0.05, 0) is 42.0 Å². The van der Waals surface area contributed by atoms with Gasteiger partial charge in [-0.2, -0.15) is 0 Å². The normalized spacial score (nSPS) is 11.0. The molecule has 8 heteroatoms. The van der Waals surface area contributed by atoms with Gasteiger partial charge in [0.2, 0.25) is 0 Å². The van der Waals surface area contributed by atoms with E-state index in [0.29, 0.717) is 12.4 Å². The maximum Gasteiger partial charge on any atom is 0.251 e. The van der Waals surface area contributed by atoms with E-state index < -0.39 is 17.5 Å². The Labute approximate surface area is 165 Å². The highest BCUT2D eigenvalue weighted by Crippen LogP contribution is 2.25. The molecule has 0 aliphatic rings. The highest BCUT2D eigenvalue weighted by Gasteiger charge is 2.21. The molecule has 1 amide bonds. The van der Waals surface area contributed by atoms with Crippen molar-refractivity contribution < 1.29 is 13.6 Å². The van der Waals surface area contributed by atoms with Gasteiger partial charge in [0.1, 0.15) is 23.1 Å². The Hall–Kier alpha value is -3.81. The minimum absolute atomic E-state index is 0.136. The number of nitrogens with one attached hydrogen (secondary N) is 1. The molecule has 0 atom stereocenters. The predicted octanol–water partition coefficient (Wildman–Crippen LogP) is 3.54. The summed E-state index contributed by atoms with van der Waals surface area (Å²) in [6.45, 7) is 0.186. The van der Waals surface area contributed by atoms with Gasteiger partial charge < -0.3 is 15.6 Å². The second-order valence-corrected chi connectivity index (χ2v) is 6.51. The van der Waals surface area contributed by atoms with Crippen LogP contribution in [-0.4, -0.2) is 20.9 Å². The quantitative estimate of drug-likeness (QED) is 0.524. The minimum Gasteiger partial charge on any atom is -0.366 e. The van der Waals surface area contributed by atoms with Crippen molar-refractivity contribution in [2.24, 2.45) is 5.73 Å². The van der Waals surface area contributed by atoms with E-state index in [-0.39, 0.29) is 17.7 Å². The number of aromatic nitrogens is 3. The number of benzene rings is 1. The summed E-state index contributed by atoms with van der Waals surface area (Å²) >= 11 is 0. The number of H-pyrrole nitrogens is 1. The zero-order chi connectivity index (χ0) is 20.4. The third kappa shape index (κ3) is 3.64. The standard InChI is InChI=1S/C21H17F2N5O/c22-17-7-6-15(20(24)29)19(23)16(17)12-28(18-5-1-2-8-25-18)11-13-10-27-21-14(13)4-3-9-26-21/h1-10H,11-12H2,(H2,24,29)(H,26,27). The molecule has 4 rings (SSSR count). The van der Waals surface area contributed by atoms with E-state index in [4.69, 9.17) is 5.73 Å². The third-order valence-corrected chi connectivity index (χ3v) is 4.67. The number of rotatable bonds is 6. The average molecular weight is 393 g/mol. The largest absolute Gasteiger partial charge is 0.366 e. The summed E-state index contributed by atoms with van der Waals surface area (Å²) < 4.78 is 29.2. The summed E-state index contributed by atoms with van der Waals surface area (Å²) in [4.78, 5) is 24.9. The molecule has 0 saturated carbocycles. The van der Waals surface area contributed by atoms with Gasteiger partial charge in [0.05, 0.1) is 12.1 Å². The molecule has 0 aliphatic heterocycles. The summed E-state index contributed by atoms with van der Waals surface area (Å²) in [5.74, 6) is -2.13. The van der Waals surface area contributed by atoms with Crippen LogP contribution in [0, 0.1) is 11.6 Å². The van der Waals surface area contributed by atoms with Crippen LogP contribution >= 0.6 is 0 Å². The van der Waals surface area contributed by atoms with Crippen molar-refractivity contribution in [3.63, 3.8) is 0 Å². The lowest BCUT2D eigenvalue weighted by Crippen LogP contribution is -2.25. The van der Waals surface area contributed by atoms with Crippen molar-refractivity contribution in [1.29, 1.82) is 0 Å². The minimum atomic E-state index is -0.959. The molecule has 0 saturated heterocycles. The van der Waals surface area contributed by atoms with E-state index in [9.17, 15) is 13.6 Å². The number of anilines is 1. The SMILES string of the molecule is NC(=O)c1ccc(F)c(CN(Cc2c[nH]c3ncccc23)c2ccccn2)c1F. The molecule has 1 aromatic carbocycles. The van der Waals surface area contributed by atoms with Crippen molar-refractivity contribution in [2.75, 3.05) is 4.90 Å². The summed E-state index contributed by atoms with van der Waals surface area (Å²) in [5.41, 5.74) is 6.23. The first kappa shape index (κ1) is 18.5. The molecular weight excluding hydrogens is 376 g/mol. The van der Waals surface area contributed by atoms with Crippen LogP contribution in [-0.2, 0) is 13.1 Å². The fourth-order valence-corrected chi connectivity index (χ4v) is 3.23. The van der Waals surface area contributed by atoms with Crippen molar-refractivity contribution in [3.8, 4) is 0 Å². The smallest absolute Gasteiger partial charge is 0.251 e. The van der Waals surface area contributed by atoms with E-state index in [0.717, 1.165) is 28.7 Å². The van der Waals surface area contributed by atoms with Gasteiger partial charge in [-0.15, -0.1) is 0 Å². The summed E-state index contributed by atoms with van der Waals surface area (Å²) in [6.07, 6.45) is 5.09.